The van der Waals surface area contributed by atoms with Crippen molar-refractivity contribution in [3.63, 3.8) is 0 Å². The highest BCUT2D eigenvalue weighted by molar-refractivity contribution is 5.66. The van der Waals surface area contributed by atoms with Crippen LogP contribution in [0.15, 0.2) is 48.2 Å². The van der Waals surface area contributed by atoms with Gasteiger partial charge >= 0.3 is 12.1 Å². The Kier molecular flexibility index (Phi) is 5.63. The number of aromatic nitrogens is 1. The topological polar surface area (TPSA) is 39.2 Å². The number of carbonyl (C=O) groups excluding carboxylic acids is 1. The molecule has 0 N–H and O–H groups in total. The van der Waals surface area contributed by atoms with Crippen LogP contribution in [-0.2, 0) is 27.5 Å². The molecule has 2 aromatic rings. The Morgan fingerprint density at radius 1 is 1.03 bits per heavy atom. The summed E-state index contributed by atoms with van der Waals surface area (Å²) in [6.45, 7) is 6.33. The summed E-state index contributed by atoms with van der Waals surface area (Å²) in [7, 11) is 0. The lowest BCUT2D eigenvalue weighted by atomic mass is 9.47. The first-order valence-electron chi connectivity index (χ1n) is 13.5. The first-order chi connectivity index (χ1) is 17.5. The summed E-state index contributed by atoms with van der Waals surface area (Å²) in [6.07, 6.45) is 7.31. The summed E-state index contributed by atoms with van der Waals surface area (Å²) in [5.74, 6) is 1.57. The number of carbonyl (C=O) groups is 1. The Labute approximate surface area is 216 Å². The average Bonchev–Trinajstić information content (AvgIpc) is 3.15. The van der Waals surface area contributed by atoms with Crippen molar-refractivity contribution in [3.05, 3.63) is 64.9 Å². The number of pyridine rings is 1. The van der Waals surface area contributed by atoms with E-state index in [2.05, 4.69) is 31.0 Å². The van der Waals surface area contributed by atoms with Gasteiger partial charge in [0.2, 0.25) is 0 Å². The third-order valence-electron chi connectivity index (χ3n) is 10.3. The second kappa shape index (κ2) is 8.44. The lowest BCUT2D eigenvalue weighted by Gasteiger charge is -2.57. The molecular formula is C31H34F3NO2. The molecule has 2 saturated carbocycles. The minimum atomic E-state index is -4.34. The van der Waals surface area contributed by atoms with E-state index in [0.717, 1.165) is 61.9 Å². The molecule has 4 aliphatic carbocycles. The van der Waals surface area contributed by atoms with E-state index in [1.165, 1.54) is 42.2 Å². The minimum absolute atomic E-state index is 0.00709. The molecule has 0 aliphatic heterocycles. The van der Waals surface area contributed by atoms with Crippen LogP contribution in [0, 0.1) is 23.2 Å². The van der Waals surface area contributed by atoms with Crippen LogP contribution in [-0.4, -0.2) is 17.1 Å². The van der Waals surface area contributed by atoms with Gasteiger partial charge in [-0.05, 0) is 96.4 Å². The van der Waals surface area contributed by atoms with Gasteiger partial charge in [-0.15, -0.1) is 0 Å². The molecule has 0 spiro atoms. The largest absolute Gasteiger partial charge is 0.462 e. The molecule has 6 atom stereocenters. The number of fused-ring (bicyclic) bond motifs is 7. The van der Waals surface area contributed by atoms with Gasteiger partial charge in [0.1, 0.15) is 6.10 Å². The van der Waals surface area contributed by atoms with Crippen LogP contribution < -0.4 is 0 Å². The van der Waals surface area contributed by atoms with Crippen LogP contribution in [0.2, 0.25) is 0 Å². The summed E-state index contributed by atoms with van der Waals surface area (Å²) in [6, 6.07) is 7.49. The number of nitrogens with zero attached hydrogens (tertiary/aromatic N) is 1. The third kappa shape index (κ3) is 3.93. The van der Waals surface area contributed by atoms with Crippen molar-refractivity contribution in [2.45, 2.75) is 83.4 Å². The van der Waals surface area contributed by atoms with Crippen LogP contribution in [0.1, 0.15) is 76.0 Å². The first-order valence-corrected chi connectivity index (χ1v) is 13.5. The quantitative estimate of drug-likeness (QED) is 0.308. The molecule has 1 aromatic carbocycles. The summed E-state index contributed by atoms with van der Waals surface area (Å²) in [4.78, 5) is 16.2. The maximum absolute atomic E-state index is 13.0. The zero-order chi connectivity index (χ0) is 26.2. The van der Waals surface area contributed by atoms with E-state index in [4.69, 9.17) is 4.74 Å². The molecule has 2 fully saturated rings. The second-order valence-electron chi connectivity index (χ2n) is 12.2. The third-order valence-corrected chi connectivity index (χ3v) is 10.3. The molecule has 1 heterocycles. The minimum Gasteiger partial charge on any atom is -0.462 e. The van der Waals surface area contributed by atoms with E-state index in [-0.39, 0.29) is 22.9 Å². The Bertz CT molecular complexity index is 1270. The molecule has 0 bridgehead atoms. The number of hydrogen-bond donors (Lipinski definition) is 0. The highest BCUT2D eigenvalue weighted by Gasteiger charge is 2.57. The zero-order valence-electron chi connectivity index (χ0n) is 21.7. The van der Waals surface area contributed by atoms with Gasteiger partial charge < -0.3 is 4.74 Å². The van der Waals surface area contributed by atoms with Crippen molar-refractivity contribution >= 4 is 5.97 Å². The Hall–Kier alpha value is -2.63. The molecule has 4 aliphatic rings. The molecule has 6 heteroatoms. The van der Waals surface area contributed by atoms with Gasteiger partial charge in [0, 0.05) is 25.1 Å². The van der Waals surface area contributed by atoms with Crippen LogP contribution in [0.25, 0.3) is 11.3 Å². The molecule has 1 aromatic heterocycles. The Balaban J connectivity index is 1.28. The van der Waals surface area contributed by atoms with Crippen molar-refractivity contribution < 1.29 is 22.7 Å². The fourth-order valence-electron chi connectivity index (χ4n) is 8.40. The summed E-state index contributed by atoms with van der Waals surface area (Å²) in [5, 5.41) is 0. The van der Waals surface area contributed by atoms with Gasteiger partial charge in [0.25, 0.3) is 0 Å². The van der Waals surface area contributed by atoms with Crippen LogP contribution in [0.3, 0.4) is 0 Å². The lowest BCUT2D eigenvalue weighted by Crippen LogP contribution is -2.51. The molecule has 0 unspecified atom stereocenters. The van der Waals surface area contributed by atoms with E-state index in [1.54, 1.807) is 0 Å². The number of halogens is 3. The summed E-state index contributed by atoms with van der Waals surface area (Å²) in [5.41, 5.74) is 5.16. The van der Waals surface area contributed by atoms with E-state index in [0.29, 0.717) is 17.8 Å². The number of benzene rings is 1. The van der Waals surface area contributed by atoms with Gasteiger partial charge in [-0.25, -0.2) is 0 Å². The summed E-state index contributed by atoms with van der Waals surface area (Å²) >= 11 is 0. The molecule has 3 nitrogen and oxygen atoms in total. The van der Waals surface area contributed by atoms with Gasteiger partial charge in [0.15, 0.2) is 0 Å². The van der Waals surface area contributed by atoms with E-state index in [1.807, 2.05) is 6.20 Å². The average molecular weight is 510 g/mol. The highest BCUT2D eigenvalue weighted by Crippen LogP contribution is 2.64. The van der Waals surface area contributed by atoms with Gasteiger partial charge in [-0.3, -0.25) is 9.78 Å². The molecular weight excluding hydrogens is 475 g/mol. The van der Waals surface area contributed by atoms with E-state index < -0.39 is 11.7 Å². The first kappa shape index (κ1) is 24.7. The number of rotatable bonds is 2. The molecule has 0 radical (unpaired) electrons. The highest BCUT2D eigenvalue weighted by atomic mass is 19.4. The van der Waals surface area contributed by atoms with E-state index in [9.17, 15) is 18.0 Å². The SMILES string of the molecule is CC(=O)O[C@H]1CC[C@@]2(C)C(=CC[C@H]3[C@@H]2CC[C@]2(C)c4cc(-c5ccc(C(F)(F)F)cc5)ncc4C[C@@H]32)C1. The van der Waals surface area contributed by atoms with Crippen LogP contribution in [0.5, 0.6) is 0 Å². The maximum atomic E-state index is 13.0. The van der Waals surface area contributed by atoms with Crippen molar-refractivity contribution in [2.75, 3.05) is 0 Å². The monoisotopic (exact) mass is 509 g/mol. The molecule has 6 rings (SSSR count). The van der Waals surface area contributed by atoms with Crippen molar-refractivity contribution in [3.8, 4) is 11.3 Å². The number of hydrogen-bond acceptors (Lipinski definition) is 3. The smallest absolute Gasteiger partial charge is 0.416 e. The van der Waals surface area contributed by atoms with Crippen LogP contribution in [0.4, 0.5) is 13.2 Å². The standard InChI is InChI=1S/C31H34F3NO2/c1-18(36)37-23-10-12-29(2)22(15-23)8-9-24-25(29)11-13-30(3)26-16-28(35-17-20(26)14-27(24)30)19-4-6-21(7-5-19)31(32,33)34/h4-8,16-17,23-25,27H,9-15H2,1-3H3/t23-,24-,25-,27-,29-,30+/m0/s1. The molecule has 37 heavy (non-hydrogen) atoms. The number of esters is 1. The van der Waals surface area contributed by atoms with Gasteiger partial charge in [-0.2, -0.15) is 13.2 Å². The lowest BCUT2D eigenvalue weighted by molar-refractivity contribution is -0.148. The van der Waals surface area contributed by atoms with Crippen molar-refractivity contribution in [2.24, 2.45) is 23.2 Å². The zero-order valence-corrected chi connectivity index (χ0v) is 21.7. The fourth-order valence-corrected chi connectivity index (χ4v) is 8.40. The number of ether oxygens (including phenoxy) is 1. The Morgan fingerprint density at radius 2 is 1.76 bits per heavy atom. The molecule has 0 amide bonds. The normalized spacial score (nSPS) is 34.5. The van der Waals surface area contributed by atoms with Gasteiger partial charge in [0.05, 0.1) is 11.3 Å². The fraction of sp³-hybridized carbons (Fsp3) is 0.548. The van der Waals surface area contributed by atoms with Crippen molar-refractivity contribution in [1.29, 1.82) is 0 Å². The van der Waals surface area contributed by atoms with Crippen LogP contribution >= 0.6 is 0 Å². The van der Waals surface area contributed by atoms with E-state index >= 15 is 0 Å². The van der Waals surface area contributed by atoms with Gasteiger partial charge in [-0.1, -0.05) is 37.6 Å². The number of allylic oxidation sites excluding steroid dienone is 1. The van der Waals surface area contributed by atoms with Crippen molar-refractivity contribution in [1.82, 2.24) is 4.98 Å². The number of alkyl halides is 3. The second-order valence-corrected chi connectivity index (χ2v) is 12.2. The summed E-state index contributed by atoms with van der Waals surface area (Å²) < 4.78 is 44.7. The maximum Gasteiger partial charge on any atom is 0.416 e. The Morgan fingerprint density at radius 3 is 2.46 bits per heavy atom. The molecule has 0 saturated heterocycles. The molecule has 196 valence electrons. The predicted octanol–water partition coefficient (Wildman–Crippen LogP) is 7.68. The predicted molar refractivity (Wildman–Crippen MR) is 136 cm³/mol.